The number of hydrogen-bond donors (Lipinski definition) is 1. The maximum atomic E-state index is 12.5. The lowest BCUT2D eigenvalue weighted by Gasteiger charge is -2.43. The predicted octanol–water partition coefficient (Wildman–Crippen LogP) is 3.07. The average Bonchev–Trinajstić information content (AvgIpc) is 2.99. The molecule has 3 aliphatic rings. The molecule has 3 rings (SSSR count). The molecular formula is C17H29NO2. The molecule has 3 nitrogen and oxygen atoms in total. The minimum Gasteiger partial charge on any atom is -0.375 e. The van der Waals surface area contributed by atoms with Crippen LogP contribution in [-0.4, -0.2) is 31.1 Å². The van der Waals surface area contributed by atoms with Crippen molar-refractivity contribution in [3.63, 3.8) is 0 Å². The first kappa shape index (κ1) is 14.5. The summed E-state index contributed by atoms with van der Waals surface area (Å²) in [4.78, 5) is 12.5. The third-order valence-electron chi connectivity index (χ3n) is 5.67. The molecule has 2 heterocycles. The van der Waals surface area contributed by atoms with Gasteiger partial charge in [0.1, 0.15) is 5.78 Å². The fraction of sp³-hybridized carbons (Fsp3) is 0.941. The van der Waals surface area contributed by atoms with E-state index in [-0.39, 0.29) is 11.5 Å². The van der Waals surface area contributed by atoms with Crippen molar-refractivity contribution in [1.82, 2.24) is 5.32 Å². The summed E-state index contributed by atoms with van der Waals surface area (Å²) in [5.41, 5.74) is 0.0751. The zero-order valence-corrected chi connectivity index (χ0v) is 12.7. The number of hydrogen-bond acceptors (Lipinski definition) is 3. The highest BCUT2D eigenvalue weighted by Gasteiger charge is 2.40. The van der Waals surface area contributed by atoms with Crippen LogP contribution in [0.4, 0.5) is 0 Å². The third-order valence-corrected chi connectivity index (χ3v) is 5.67. The molecule has 2 aliphatic heterocycles. The molecule has 0 amide bonds. The first-order valence-electron chi connectivity index (χ1n) is 8.65. The largest absolute Gasteiger partial charge is 0.375 e. The predicted molar refractivity (Wildman–Crippen MR) is 79.7 cm³/mol. The van der Waals surface area contributed by atoms with Crippen LogP contribution < -0.4 is 5.32 Å². The van der Waals surface area contributed by atoms with Crippen molar-refractivity contribution in [3.8, 4) is 0 Å². The Labute approximate surface area is 122 Å². The monoisotopic (exact) mass is 279 g/mol. The fourth-order valence-electron chi connectivity index (χ4n) is 4.36. The second-order valence-corrected chi connectivity index (χ2v) is 7.15. The summed E-state index contributed by atoms with van der Waals surface area (Å²) < 4.78 is 6.10. The molecule has 20 heavy (non-hydrogen) atoms. The molecule has 2 atom stereocenters. The van der Waals surface area contributed by atoms with E-state index >= 15 is 0 Å². The number of carbonyl (C=O) groups is 1. The molecule has 1 saturated carbocycles. The van der Waals surface area contributed by atoms with Gasteiger partial charge in [-0.2, -0.15) is 0 Å². The van der Waals surface area contributed by atoms with Crippen molar-refractivity contribution in [2.45, 2.75) is 69.8 Å². The van der Waals surface area contributed by atoms with Crippen molar-refractivity contribution >= 4 is 5.78 Å². The third kappa shape index (κ3) is 3.43. The van der Waals surface area contributed by atoms with Crippen molar-refractivity contribution in [2.75, 3.05) is 19.7 Å². The van der Waals surface area contributed by atoms with Gasteiger partial charge in [0, 0.05) is 18.9 Å². The first-order valence-corrected chi connectivity index (χ1v) is 8.65. The van der Waals surface area contributed by atoms with Crippen LogP contribution in [0.5, 0.6) is 0 Å². The minimum absolute atomic E-state index is 0.0751. The molecule has 2 saturated heterocycles. The molecule has 3 fully saturated rings. The van der Waals surface area contributed by atoms with Crippen LogP contribution in [0, 0.1) is 11.8 Å². The van der Waals surface area contributed by atoms with Crippen molar-refractivity contribution in [2.24, 2.45) is 11.8 Å². The van der Waals surface area contributed by atoms with Gasteiger partial charge in [0.25, 0.3) is 0 Å². The van der Waals surface area contributed by atoms with Crippen LogP contribution in [0.1, 0.15) is 64.2 Å². The molecule has 0 aromatic rings. The van der Waals surface area contributed by atoms with E-state index in [1.165, 1.54) is 38.5 Å². The maximum Gasteiger partial charge on any atom is 0.136 e. The van der Waals surface area contributed by atoms with E-state index in [0.717, 1.165) is 51.3 Å². The normalized spacial score (nSPS) is 33.4. The average molecular weight is 279 g/mol. The van der Waals surface area contributed by atoms with E-state index in [1.54, 1.807) is 0 Å². The van der Waals surface area contributed by atoms with Crippen molar-refractivity contribution < 1.29 is 9.53 Å². The Balaban J connectivity index is 1.49. The summed E-state index contributed by atoms with van der Waals surface area (Å²) in [6, 6.07) is 0. The molecule has 0 bridgehead atoms. The molecule has 0 radical (unpaired) electrons. The lowest BCUT2D eigenvalue weighted by atomic mass is 9.74. The standard InChI is InChI=1S/C17H29NO2/c19-16(5-4-14-6-10-18-13-14)15-7-11-20-17(12-15)8-2-1-3-9-17/h14-15,18H,1-13H2. The van der Waals surface area contributed by atoms with Gasteiger partial charge in [-0.15, -0.1) is 0 Å². The molecule has 0 aromatic carbocycles. The van der Waals surface area contributed by atoms with Crippen molar-refractivity contribution in [1.29, 1.82) is 0 Å². The Bertz CT molecular complexity index is 324. The van der Waals surface area contributed by atoms with Crippen LogP contribution in [0.25, 0.3) is 0 Å². The molecule has 3 heteroatoms. The summed E-state index contributed by atoms with van der Waals surface area (Å²) in [7, 11) is 0. The molecular weight excluding hydrogens is 250 g/mol. The Kier molecular flexibility index (Phi) is 4.77. The molecule has 2 unspecified atom stereocenters. The van der Waals surface area contributed by atoms with Crippen LogP contribution in [0.3, 0.4) is 0 Å². The van der Waals surface area contributed by atoms with E-state index in [4.69, 9.17) is 4.74 Å². The highest BCUT2D eigenvalue weighted by Crippen LogP contribution is 2.41. The molecule has 114 valence electrons. The Morgan fingerprint density at radius 3 is 2.80 bits per heavy atom. The zero-order valence-electron chi connectivity index (χ0n) is 12.7. The summed E-state index contributed by atoms with van der Waals surface area (Å²) in [5, 5.41) is 3.39. The fourth-order valence-corrected chi connectivity index (χ4v) is 4.36. The van der Waals surface area contributed by atoms with E-state index in [0.29, 0.717) is 5.78 Å². The first-order chi connectivity index (χ1) is 9.77. The Morgan fingerprint density at radius 1 is 1.20 bits per heavy atom. The number of ketones is 1. The van der Waals surface area contributed by atoms with Gasteiger partial charge in [0.2, 0.25) is 0 Å². The van der Waals surface area contributed by atoms with Crippen molar-refractivity contribution in [3.05, 3.63) is 0 Å². The summed E-state index contributed by atoms with van der Waals surface area (Å²) in [5.74, 6) is 1.55. The highest BCUT2D eigenvalue weighted by molar-refractivity contribution is 5.81. The van der Waals surface area contributed by atoms with Gasteiger partial charge in [0.05, 0.1) is 5.60 Å². The van der Waals surface area contributed by atoms with E-state index < -0.39 is 0 Å². The minimum atomic E-state index is 0.0751. The maximum absolute atomic E-state index is 12.5. The number of Topliss-reactive ketones (excluding diaryl/α,β-unsaturated/α-hetero) is 1. The molecule has 1 spiro atoms. The number of rotatable bonds is 4. The van der Waals surface area contributed by atoms with Crippen LogP contribution in [0.2, 0.25) is 0 Å². The smallest absolute Gasteiger partial charge is 0.136 e. The van der Waals surface area contributed by atoms with Crippen LogP contribution in [-0.2, 0) is 9.53 Å². The lowest BCUT2D eigenvalue weighted by Crippen LogP contribution is -2.43. The molecule has 1 aliphatic carbocycles. The highest BCUT2D eigenvalue weighted by atomic mass is 16.5. The quantitative estimate of drug-likeness (QED) is 0.859. The summed E-state index contributed by atoms with van der Waals surface area (Å²) in [6.07, 6.45) is 11.4. The SMILES string of the molecule is O=C(CCC1CCNC1)C1CCOC2(CCCCC2)C1. The van der Waals surface area contributed by atoms with Gasteiger partial charge in [-0.1, -0.05) is 19.3 Å². The van der Waals surface area contributed by atoms with Gasteiger partial charge in [0.15, 0.2) is 0 Å². The summed E-state index contributed by atoms with van der Waals surface area (Å²) in [6.45, 7) is 3.06. The van der Waals surface area contributed by atoms with Gasteiger partial charge < -0.3 is 10.1 Å². The van der Waals surface area contributed by atoms with Gasteiger partial charge in [-0.05, 0) is 57.5 Å². The van der Waals surface area contributed by atoms with Gasteiger partial charge >= 0.3 is 0 Å². The van der Waals surface area contributed by atoms with Gasteiger partial charge in [-0.25, -0.2) is 0 Å². The molecule has 1 N–H and O–H groups in total. The van der Waals surface area contributed by atoms with Gasteiger partial charge in [-0.3, -0.25) is 4.79 Å². The topological polar surface area (TPSA) is 38.3 Å². The Morgan fingerprint density at radius 2 is 2.05 bits per heavy atom. The second-order valence-electron chi connectivity index (χ2n) is 7.15. The second kappa shape index (κ2) is 6.57. The zero-order chi connectivity index (χ0) is 13.8. The number of carbonyl (C=O) groups excluding carboxylic acids is 1. The number of ether oxygens (including phenoxy) is 1. The van der Waals surface area contributed by atoms with E-state index in [1.807, 2.05) is 0 Å². The van der Waals surface area contributed by atoms with Crippen LogP contribution >= 0.6 is 0 Å². The Hall–Kier alpha value is -0.410. The van der Waals surface area contributed by atoms with E-state index in [9.17, 15) is 4.79 Å². The van der Waals surface area contributed by atoms with E-state index in [2.05, 4.69) is 5.32 Å². The summed E-state index contributed by atoms with van der Waals surface area (Å²) >= 11 is 0. The number of nitrogens with one attached hydrogen (secondary N) is 1. The van der Waals surface area contributed by atoms with Crippen LogP contribution in [0.15, 0.2) is 0 Å². The lowest BCUT2D eigenvalue weighted by molar-refractivity contribution is -0.143. The molecule has 0 aromatic heterocycles.